The molecule has 0 unspecified atom stereocenters. The summed E-state index contributed by atoms with van der Waals surface area (Å²) in [7, 11) is -5.09. The van der Waals surface area contributed by atoms with Crippen molar-refractivity contribution in [2.24, 2.45) is 0 Å². The SMILES string of the molecule is O=S(=O)(CCOc1ccccc1)C(F)(F)F. The zero-order valence-electron chi connectivity index (χ0n) is 8.07. The van der Waals surface area contributed by atoms with Gasteiger partial charge in [0.25, 0.3) is 9.84 Å². The van der Waals surface area contributed by atoms with E-state index in [0.29, 0.717) is 5.75 Å². The van der Waals surface area contributed by atoms with E-state index in [0.717, 1.165) is 0 Å². The molecule has 1 rings (SSSR count). The maximum absolute atomic E-state index is 11.9. The largest absolute Gasteiger partial charge is 0.497 e. The third-order valence-corrected chi connectivity index (χ3v) is 3.13. The van der Waals surface area contributed by atoms with Crippen molar-refractivity contribution in [2.45, 2.75) is 5.51 Å². The van der Waals surface area contributed by atoms with Gasteiger partial charge < -0.3 is 4.74 Å². The molecule has 0 bridgehead atoms. The Morgan fingerprint density at radius 3 is 2.19 bits per heavy atom. The van der Waals surface area contributed by atoms with Crippen LogP contribution in [0.5, 0.6) is 5.75 Å². The smallest absolute Gasteiger partial charge is 0.493 e. The van der Waals surface area contributed by atoms with E-state index in [1.165, 1.54) is 12.1 Å². The lowest BCUT2D eigenvalue weighted by Crippen LogP contribution is -2.28. The standard InChI is InChI=1S/C9H9F3O3S/c10-9(11,12)16(13,14)7-6-15-8-4-2-1-3-5-8/h1-5H,6-7H2. The van der Waals surface area contributed by atoms with E-state index in [4.69, 9.17) is 4.74 Å². The highest BCUT2D eigenvalue weighted by Gasteiger charge is 2.45. The van der Waals surface area contributed by atoms with Crippen molar-refractivity contribution in [3.8, 4) is 5.75 Å². The lowest BCUT2D eigenvalue weighted by Gasteiger charge is -2.09. The van der Waals surface area contributed by atoms with Crippen LogP contribution in [-0.4, -0.2) is 26.3 Å². The van der Waals surface area contributed by atoms with E-state index in [2.05, 4.69) is 0 Å². The van der Waals surface area contributed by atoms with Gasteiger partial charge in [-0.2, -0.15) is 13.2 Å². The van der Waals surface area contributed by atoms with Crippen LogP contribution in [-0.2, 0) is 9.84 Å². The van der Waals surface area contributed by atoms with Crippen molar-refractivity contribution >= 4 is 9.84 Å². The number of hydrogen-bond acceptors (Lipinski definition) is 3. The highest BCUT2D eigenvalue weighted by molar-refractivity contribution is 7.92. The molecule has 16 heavy (non-hydrogen) atoms. The summed E-state index contributed by atoms with van der Waals surface area (Å²) >= 11 is 0. The number of halogens is 3. The molecule has 0 aliphatic carbocycles. The quantitative estimate of drug-likeness (QED) is 0.825. The Morgan fingerprint density at radius 1 is 1.12 bits per heavy atom. The van der Waals surface area contributed by atoms with E-state index in [-0.39, 0.29) is 0 Å². The molecule has 0 amide bonds. The van der Waals surface area contributed by atoms with Crippen LogP contribution in [0.15, 0.2) is 30.3 Å². The summed E-state index contributed by atoms with van der Waals surface area (Å²) in [6.45, 7) is -0.522. The summed E-state index contributed by atoms with van der Waals surface area (Å²) < 4.78 is 61.9. The van der Waals surface area contributed by atoms with Gasteiger partial charge in [-0.3, -0.25) is 0 Å². The topological polar surface area (TPSA) is 43.4 Å². The molecule has 3 nitrogen and oxygen atoms in total. The van der Waals surface area contributed by atoms with Crippen molar-refractivity contribution in [3.05, 3.63) is 30.3 Å². The normalized spacial score (nSPS) is 12.4. The minimum Gasteiger partial charge on any atom is -0.493 e. The number of para-hydroxylation sites is 1. The average Bonchev–Trinajstić information content (AvgIpc) is 2.17. The van der Waals surface area contributed by atoms with Gasteiger partial charge in [0.05, 0.1) is 5.75 Å². The summed E-state index contributed by atoms with van der Waals surface area (Å²) in [5.74, 6) is -0.745. The Labute approximate surface area is 90.8 Å². The van der Waals surface area contributed by atoms with Crippen LogP contribution >= 0.6 is 0 Å². The Balaban J connectivity index is 2.49. The molecule has 0 heterocycles. The molecule has 1 aromatic carbocycles. The van der Waals surface area contributed by atoms with Crippen LogP contribution in [0.3, 0.4) is 0 Å². The maximum atomic E-state index is 11.9. The van der Waals surface area contributed by atoms with Gasteiger partial charge in [0.1, 0.15) is 12.4 Å². The molecule has 0 saturated heterocycles. The van der Waals surface area contributed by atoms with Gasteiger partial charge in [-0.25, -0.2) is 8.42 Å². The van der Waals surface area contributed by atoms with Crippen LogP contribution < -0.4 is 4.74 Å². The van der Waals surface area contributed by atoms with Crippen molar-refractivity contribution < 1.29 is 26.3 Å². The molecule has 7 heteroatoms. The van der Waals surface area contributed by atoms with E-state index >= 15 is 0 Å². The molecule has 0 aliphatic heterocycles. The van der Waals surface area contributed by atoms with Crippen molar-refractivity contribution in [3.63, 3.8) is 0 Å². The first-order valence-electron chi connectivity index (χ1n) is 4.30. The van der Waals surface area contributed by atoms with Gasteiger partial charge in [-0.15, -0.1) is 0 Å². The van der Waals surface area contributed by atoms with E-state index in [1.807, 2.05) is 0 Å². The van der Waals surface area contributed by atoms with Crippen LogP contribution in [0, 0.1) is 0 Å². The van der Waals surface area contributed by atoms with Gasteiger partial charge in [0, 0.05) is 0 Å². The van der Waals surface area contributed by atoms with E-state index in [9.17, 15) is 21.6 Å². The number of sulfone groups is 1. The Kier molecular flexibility index (Phi) is 3.79. The number of hydrogen-bond donors (Lipinski definition) is 0. The van der Waals surface area contributed by atoms with Gasteiger partial charge >= 0.3 is 5.51 Å². The number of alkyl halides is 3. The zero-order chi connectivity index (χ0) is 12.2. The highest BCUT2D eigenvalue weighted by atomic mass is 32.2. The molecular formula is C9H9F3O3S. The first-order chi connectivity index (χ1) is 7.33. The fourth-order valence-electron chi connectivity index (χ4n) is 0.902. The first kappa shape index (κ1) is 12.8. The molecule has 0 aromatic heterocycles. The number of rotatable bonds is 4. The van der Waals surface area contributed by atoms with Crippen molar-refractivity contribution in [2.75, 3.05) is 12.4 Å². The fraction of sp³-hybridized carbons (Fsp3) is 0.333. The molecule has 0 N–H and O–H groups in total. The molecule has 0 fully saturated rings. The molecule has 0 radical (unpaired) electrons. The van der Waals surface area contributed by atoms with E-state index in [1.54, 1.807) is 18.2 Å². The Hall–Kier alpha value is -1.24. The second kappa shape index (κ2) is 4.73. The fourth-order valence-corrected chi connectivity index (χ4v) is 1.44. The third kappa shape index (κ3) is 3.41. The molecule has 0 saturated carbocycles. The second-order valence-electron chi connectivity index (χ2n) is 2.93. The summed E-state index contributed by atoms with van der Waals surface area (Å²) in [6, 6.07) is 8.03. The lowest BCUT2D eigenvalue weighted by molar-refractivity contribution is -0.0437. The molecule has 90 valence electrons. The molecule has 1 aromatic rings. The predicted molar refractivity (Wildman–Crippen MR) is 51.8 cm³/mol. The summed E-state index contributed by atoms with van der Waals surface area (Å²) in [5.41, 5.74) is -5.22. The Bertz CT molecular complexity index is 425. The monoisotopic (exact) mass is 254 g/mol. The average molecular weight is 254 g/mol. The molecule has 0 spiro atoms. The second-order valence-corrected chi connectivity index (χ2v) is 5.03. The summed E-state index contributed by atoms with van der Waals surface area (Å²) in [5, 5.41) is 0. The molecular weight excluding hydrogens is 245 g/mol. The minimum atomic E-state index is -5.22. The van der Waals surface area contributed by atoms with Crippen LogP contribution in [0.25, 0.3) is 0 Å². The van der Waals surface area contributed by atoms with Crippen LogP contribution in [0.2, 0.25) is 0 Å². The first-order valence-corrected chi connectivity index (χ1v) is 5.95. The minimum absolute atomic E-state index is 0.333. The summed E-state index contributed by atoms with van der Waals surface area (Å²) in [4.78, 5) is 0. The van der Waals surface area contributed by atoms with Gasteiger partial charge in [-0.1, -0.05) is 18.2 Å². The Morgan fingerprint density at radius 2 is 1.69 bits per heavy atom. The van der Waals surface area contributed by atoms with Crippen molar-refractivity contribution in [1.82, 2.24) is 0 Å². The van der Waals surface area contributed by atoms with Crippen LogP contribution in [0.4, 0.5) is 13.2 Å². The predicted octanol–water partition coefficient (Wildman–Crippen LogP) is 2.00. The van der Waals surface area contributed by atoms with Crippen molar-refractivity contribution in [1.29, 1.82) is 0 Å². The molecule has 0 aliphatic rings. The van der Waals surface area contributed by atoms with Crippen LogP contribution in [0.1, 0.15) is 0 Å². The summed E-state index contributed by atoms with van der Waals surface area (Å²) in [6.07, 6.45) is 0. The maximum Gasteiger partial charge on any atom is 0.497 e. The lowest BCUT2D eigenvalue weighted by atomic mass is 10.3. The van der Waals surface area contributed by atoms with Gasteiger partial charge in [0.2, 0.25) is 0 Å². The molecule has 0 atom stereocenters. The number of ether oxygens (including phenoxy) is 1. The highest BCUT2D eigenvalue weighted by Crippen LogP contribution is 2.23. The zero-order valence-corrected chi connectivity index (χ0v) is 8.88. The third-order valence-electron chi connectivity index (χ3n) is 1.72. The van der Waals surface area contributed by atoms with Gasteiger partial charge in [0.15, 0.2) is 0 Å². The van der Waals surface area contributed by atoms with Gasteiger partial charge in [-0.05, 0) is 12.1 Å². The number of benzene rings is 1. The van der Waals surface area contributed by atoms with E-state index < -0.39 is 27.7 Å².